The maximum Gasteiger partial charge on any atom is 0.238 e. The van der Waals surface area contributed by atoms with Crippen molar-refractivity contribution in [3.63, 3.8) is 0 Å². The molecule has 0 aromatic heterocycles. The summed E-state index contributed by atoms with van der Waals surface area (Å²) in [7, 11) is 0. The van der Waals surface area contributed by atoms with Gasteiger partial charge < -0.3 is 10.6 Å². The molecule has 0 heterocycles. The molecule has 0 saturated heterocycles. The SMILES string of the molecule is CCN(CC(=O)Nc1ccc(Br)cc1C)CC(=O)NC(C)(C)C. The Morgan fingerprint density at radius 1 is 1.17 bits per heavy atom. The largest absolute Gasteiger partial charge is 0.350 e. The van der Waals surface area contributed by atoms with Crippen LogP contribution in [0.15, 0.2) is 22.7 Å². The molecule has 0 fully saturated rings. The van der Waals surface area contributed by atoms with E-state index in [9.17, 15) is 9.59 Å². The Morgan fingerprint density at radius 2 is 1.78 bits per heavy atom. The van der Waals surface area contributed by atoms with Crippen LogP contribution in [0.5, 0.6) is 0 Å². The van der Waals surface area contributed by atoms with Crippen molar-refractivity contribution in [1.82, 2.24) is 10.2 Å². The second kappa shape index (κ2) is 8.45. The predicted octanol–water partition coefficient (Wildman–Crippen LogP) is 2.93. The predicted molar refractivity (Wildman–Crippen MR) is 97.5 cm³/mol. The third-order valence-corrected chi connectivity index (χ3v) is 3.65. The summed E-state index contributed by atoms with van der Waals surface area (Å²) < 4.78 is 0.974. The van der Waals surface area contributed by atoms with Crippen LogP contribution in [0.25, 0.3) is 0 Å². The van der Waals surface area contributed by atoms with Crippen LogP contribution in [0.2, 0.25) is 0 Å². The lowest BCUT2D eigenvalue weighted by Crippen LogP contribution is -2.47. The Morgan fingerprint density at radius 3 is 2.30 bits per heavy atom. The van der Waals surface area contributed by atoms with Gasteiger partial charge in [0.15, 0.2) is 0 Å². The van der Waals surface area contributed by atoms with Crippen molar-refractivity contribution < 1.29 is 9.59 Å². The van der Waals surface area contributed by atoms with Crippen molar-refractivity contribution >= 4 is 33.4 Å². The molecule has 23 heavy (non-hydrogen) atoms. The second-order valence-corrected chi connectivity index (χ2v) is 7.52. The molecule has 2 N–H and O–H groups in total. The first-order valence-electron chi connectivity index (χ1n) is 7.70. The fraction of sp³-hybridized carbons (Fsp3) is 0.529. The first-order valence-corrected chi connectivity index (χ1v) is 8.49. The maximum atomic E-state index is 12.2. The Kier molecular flexibility index (Phi) is 7.22. The van der Waals surface area contributed by atoms with Gasteiger partial charge in [-0.05, 0) is 58.0 Å². The van der Waals surface area contributed by atoms with E-state index >= 15 is 0 Å². The van der Waals surface area contributed by atoms with Gasteiger partial charge >= 0.3 is 0 Å². The van der Waals surface area contributed by atoms with E-state index in [4.69, 9.17) is 0 Å². The monoisotopic (exact) mass is 383 g/mol. The van der Waals surface area contributed by atoms with E-state index in [1.807, 2.05) is 57.7 Å². The van der Waals surface area contributed by atoms with Gasteiger partial charge in [0.1, 0.15) is 0 Å². The normalized spacial score (nSPS) is 11.4. The quantitative estimate of drug-likeness (QED) is 0.793. The molecule has 0 aliphatic rings. The topological polar surface area (TPSA) is 61.4 Å². The van der Waals surface area contributed by atoms with Gasteiger partial charge in [0.2, 0.25) is 11.8 Å². The van der Waals surface area contributed by atoms with Crippen LogP contribution in [-0.4, -0.2) is 41.9 Å². The molecule has 0 radical (unpaired) electrons. The molecule has 2 amide bonds. The molecule has 0 bridgehead atoms. The molecule has 5 nitrogen and oxygen atoms in total. The first kappa shape index (κ1) is 19.6. The number of nitrogens with one attached hydrogen (secondary N) is 2. The van der Waals surface area contributed by atoms with Crippen LogP contribution in [0.4, 0.5) is 5.69 Å². The highest BCUT2D eigenvalue weighted by Crippen LogP contribution is 2.19. The summed E-state index contributed by atoms with van der Waals surface area (Å²) in [5.41, 5.74) is 1.50. The van der Waals surface area contributed by atoms with E-state index in [1.54, 1.807) is 0 Å². The first-order chi connectivity index (χ1) is 10.6. The number of hydrogen-bond donors (Lipinski definition) is 2. The van der Waals surface area contributed by atoms with E-state index in [-0.39, 0.29) is 30.4 Å². The van der Waals surface area contributed by atoms with Crippen LogP contribution in [0.3, 0.4) is 0 Å². The van der Waals surface area contributed by atoms with Gasteiger partial charge in [-0.3, -0.25) is 14.5 Å². The lowest BCUT2D eigenvalue weighted by atomic mass is 10.1. The third kappa shape index (κ3) is 7.61. The summed E-state index contributed by atoms with van der Waals surface area (Å²) in [5.74, 6) is -0.201. The summed E-state index contributed by atoms with van der Waals surface area (Å²) in [5, 5.41) is 5.80. The zero-order valence-corrected chi connectivity index (χ0v) is 16.1. The average Bonchev–Trinajstić information content (AvgIpc) is 2.39. The Bertz CT molecular complexity index is 567. The second-order valence-electron chi connectivity index (χ2n) is 6.61. The summed E-state index contributed by atoms with van der Waals surface area (Å²) in [6, 6.07) is 5.70. The number of likely N-dealkylation sites (N-methyl/N-ethyl adjacent to an activating group) is 1. The Labute approximate surface area is 146 Å². The number of amides is 2. The van der Waals surface area contributed by atoms with E-state index in [2.05, 4.69) is 26.6 Å². The Hall–Kier alpha value is -1.40. The third-order valence-electron chi connectivity index (χ3n) is 3.16. The molecular formula is C17H26BrN3O2. The van der Waals surface area contributed by atoms with Gasteiger partial charge in [0.25, 0.3) is 0 Å². The number of benzene rings is 1. The lowest BCUT2D eigenvalue weighted by molar-refractivity contribution is -0.124. The molecule has 1 aromatic rings. The highest BCUT2D eigenvalue weighted by atomic mass is 79.9. The number of halogens is 1. The number of anilines is 1. The fourth-order valence-electron chi connectivity index (χ4n) is 2.10. The lowest BCUT2D eigenvalue weighted by Gasteiger charge is -2.24. The molecule has 6 heteroatoms. The smallest absolute Gasteiger partial charge is 0.238 e. The minimum absolute atomic E-state index is 0.0769. The highest BCUT2D eigenvalue weighted by Gasteiger charge is 2.18. The van der Waals surface area contributed by atoms with Gasteiger partial charge in [-0.1, -0.05) is 22.9 Å². The molecule has 0 spiro atoms. The molecule has 0 atom stereocenters. The van der Waals surface area contributed by atoms with Crippen molar-refractivity contribution in [3.05, 3.63) is 28.2 Å². The van der Waals surface area contributed by atoms with Crippen LogP contribution >= 0.6 is 15.9 Å². The van der Waals surface area contributed by atoms with Crippen molar-refractivity contribution in [3.8, 4) is 0 Å². The summed E-state index contributed by atoms with van der Waals surface area (Å²) in [6.07, 6.45) is 0. The highest BCUT2D eigenvalue weighted by molar-refractivity contribution is 9.10. The number of nitrogens with zero attached hydrogens (tertiary/aromatic N) is 1. The minimum atomic E-state index is -0.271. The molecular weight excluding hydrogens is 358 g/mol. The number of carbonyl (C=O) groups is 2. The summed E-state index contributed by atoms with van der Waals surface area (Å²) in [6.45, 7) is 10.7. The van der Waals surface area contributed by atoms with Gasteiger partial charge in [-0.15, -0.1) is 0 Å². The summed E-state index contributed by atoms with van der Waals surface area (Å²) in [4.78, 5) is 26.0. The van der Waals surface area contributed by atoms with Gasteiger partial charge in [-0.2, -0.15) is 0 Å². The fourth-order valence-corrected chi connectivity index (χ4v) is 2.58. The van der Waals surface area contributed by atoms with E-state index in [0.29, 0.717) is 6.54 Å². The number of hydrogen-bond acceptors (Lipinski definition) is 3. The Balaban J connectivity index is 2.58. The van der Waals surface area contributed by atoms with E-state index < -0.39 is 0 Å². The maximum absolute atomic E-state index is 12.2. The zero-order chi connectivity index (χ0) is 17.6. The van der Waals surface area contributed by atoms with E-state index in [0.717, 1.165) is 15.7 Å². The standard InChI is InChI=1S/C17H26BrN3O2/c1-6-21(11-16(23)20-17(3,4)5)10-15(22)19-14-8-7-13(18)9-12(14)2/h7-9H,6,10-11H2,1-5H3,(H,19,22)(H,20,23). The zero-order valence-electron chi connectivity index (χ0n) is 14.5. The molecule has 1 aromatic carbocycles. The van der Waals surface area contributed by atoms with Crippen molar-refractivity contribution in [2.45, 2.75) is 40.2 Å². The molecule has 0 aliphatic heterocycles. The average molecular weight is 384 g/mol. The molecule has 0 aliphatic carbocycles. The van der Waals surface area contributed by atoms with Crippen molar-refractivity contribution in [1.29, 1.82) is 0 Å². The number of aryl methyl sites for hydroxylation is 1. The van der Waals surface area contributed by atoms with Crippen molar-refractivity contribution in [2.75, 3.05) is 25.0 Å². The molecule has 1 rings (SSSR count). The van der Waals surface area contributed by atoms with E-state index in [1.165, 1.54) is 0 Å². The number of carbonyl (C=O) groups excluding carboxylic acids is 2. The van der Waals surface area contributed by atoms with Crippen molar-refractivity contribution in [2.24, 2.45) is 0 Å². The van der Waals surface area contributed by atoms with Crippen LogP contribution < -0.4 is 10.6 Å². The van der Waals surface area contributed by atoms with Gasteiger partial charge in [0, 0.05) is 15.7 Å². The number of rotatable bonds is 6. The van der Waals surface area contributed by atoms with Gasteiger partial charge in [-0.25, -0.2) is 0 Å². The van der Waals surface area contributed by atoms with Crippen LogP contribution in [0.1, 0.15) is 33.3 Å². The molecule has 128 valence electrons. The van der Waals surface area contributed by atoms with Crippen LogP contribution in [0, 0.1) is 6.92 Å². The molecule has 0 saturated carbocycles. The van der Waals surface area contributed by atoms with Crippen LogP contribution in [-0.2, 0) is 9.59 Å². The van der Waals surface area contributed by atoms with Gasteiger partial charge in [0.05, 0.1) is 13.1 Å². The minimum Gasteiger partial charge on any atom is -0.350 e. The molecule has 0 unspecified atom stereocenters. The summed E-state index contributed by atoms with van der Waals surface area (Å²) >= 11 is 3.40.